The summed E-state index contributed by atoms with van der Waals surface area (Å²) in [4.78, 5) is 0. The average Bonchev–Trinajstić information content (AvgIpc) is 1.54. The summed E-state index contributed by atoms with van der Waals surface area (Å²) in [6, 6.07) is 180. The van der Waals surface area contributed by atoms with Gasteiger partial charge in [0.15, 0.2) is 0 Å². The van der Waals surface area contributed by atoms with Crippen LogP contribution in [-0.2, 0) is 16.2 Å². The van der Waals surface area contributed by atoms with Crippen LogP contribution in [0.25, 0.3) is 272 Å². The number of furan rings is 1. The van der Waals surface area contributed by atoms with Gasteiger partial charge in [-0.15, -0.1) is 11.3 Å². The molecule has 0 bridgehead atoms. The van der Waals surface area contributed by atoms with E-state index in [1.807, 2.05) is 23.5 Å². The fourth-order valence-corrected chi connectivity index (χ4v) is 27.8. The molecule has 0 unspecified atom stereocenters. The van der Waals surface area contributed by atoms with Gasteiger partial charge in [-0.3, -0.25) is 0 Å². The van der Waals surface area contributed by atoms with E-state index in [0.29, 0.717) is 0 Å². The van der Waals surface area contributed by atoms with E-state index in [1.54, 1.807) is 0 Å². The monoisotopic (exact) mass is 1890 g/mol. The third-order valence-corrected chi connectivity index (χ3v) is 34.4. The lowest BCUT2D eigenvalue weighted by molar-refractivity contribution is 0.661. The highest BCUT2D eigenvalue weighted by atomic mass is 32.1. The van der Waals surface area contributed by atoms with Gasteiger partial charge in [0, 0.05) is 58.3 Å². The maximum atomic E-state index is 6.41. The summed E-state index contributed by atoms with van der Waals surface area (Å²) in [5.41, 5.74) is 38.5. The first kappa shape index (κ1) is 86.1. The van der Waals surface area contributed by atoms with Crippen molar-refractivity contribution < 1.29 is 4.42 Å². The third-order valence-electron chi connectivity index (χ3n) is 33.2. The Kier molecular flexibility index (Phi) is 19.4. The van der Waals surface area contributed by atoms with Crippen LogP contribution in [0.4, 0.5) is 0 Å². The van der Waals surface area contributed by atoms with Gasteiger partial charge in [0.05, 0.1) is 0 Å². The molecule has 0 atom stereocenters. The second-order valence-corrected chi connectivity index (χ2v) is 43.0. The number of rotatable bonds is 8. The van der Waals surface area contributed by atoms with Crippen molar-refractivity contribution in [2.24, 2.45) is 0 Å². The Morgan fingerprint density at radius 3 is 0.844 bits per heavy atom. The lowest BCUT2D eigenvalue weighted by Crippen LogP contribution is -2.14. The van der Waals surface area contributed by atoms with Crippen LogP contribution in [0.5, 0.6) is 0 Å². The SMILES string of the molecule is CC1(C)c2cccc(-c3c4ccccc4c(-c4ccc(-c5cccc6c5oc5ccccc56)cc4)c4ccccc34)c2-c2c1ccc1ccccc21.CC1(C)c2cccc(-c3c4ccccc4c(-c4cccc5c4sc4ccccc45)c4ccccc34)c2-c2c1ccc1ccccc21.CC1(C)c2cccc(-c3c4ccccc4c(-c4ccccc4-c4cccc5ccccc45)c4ccccc34)c2-c2c1ccc1ccccc21. The van der Waals surface area contributed by atoms with Crippen molar-refractivity contribution in [2.75, 3.05) is 0 Å². The Morgan fingerprint density at radius 1 is 0.150 bits per heavy atom. The van der Waals surface area contributed by atoms with Gasteiger partial charge in [-0.2, -0.15) is 0 Å². The molecule has 0 aliphatic heterocycles. The highest BCUT2D eigenvalue weighted by Crippen LogP contribution is 2.62. The van der Waals surface area contributed by atoms with Crippen LogP contribution in [0, 0.1) is 0 Å². The topological polar surface area (TPSA) is 13.1 Å². The first-order valence-corrected chi connectivity index (χ1v) is 52.4. The summed E-state index contributed by atoms with van der Waals surface area (Å²) in [7, 11) is 0. The van der Waals surface area contributed by atoms with Gasteiger partial charge in [-0.1, -0.05) is 515 Å². The van der Waals surface area contributed by atoms with Crippen molar-refractivity contribution in [3.8, 4) is 122 Å². The van der Waals surface area contributed by atoms with Crippen LogP contribution in [-0.4, -0.2) is 0 Å². The molecule has 0 amide bonds. The molecule has 2 aromatic heterocycles. The second kappa shape index (κ2) is 33.2. The van der Waals surface area contributed by atoms with Crippen molar-refractivity contribution in [3.63, 3.8) is 0 Å². The van der Waals surface area contributed by atoms with Crippen LogP contribution in [0.15, 0.2) is 490 Å². The minimum absolute atomic E-state index is 0.0902. The molecule has 0 saturated carbocycles. The predicted molar refractivity (Wildman–Crippen MR) is 631 cm³/mol. The average molecular weight is 1890 g/mol. The summed E-state index contributed by atoms with van der Waals surface area (Å²) in [6.07, 6.45) is 0. The molecular weight excluding hydrogens is 1790 g/mol. The fraction of sp³-hybridized carbons (Fsp3) is 0.0621. The maximum Gasteiger partial charge on any atom is 0.143 e. The summed E-state index contributed by atoms with van der Waals surface area (Å²) < 4.78 is 9.11. The Balaban J connectivity index is 0.000000104. The molecule has 31 rings (SSSR count). The zero-order chi connectivity index (χ0) is 97.8. The molecule has 1 nitrogen and oxygen atoms in total. The number of hydrogen-bond acceptors (Lipinski definition) is 2. The number of benzene rings is 26. The van der Waals surface area contributed by atoms with E-state index in [-0.39, 0.29) is 16.2 Å². The van der Waals surface area contributed by atoms with Gasteiger partial charge in [-0.25, -0.2) is 0 Å². The molecule has 147 heavy (non-hydrogen) atoms. The van der Waals surface area contributed by atoms with Gasteiger partial charge in [0.2, 0.25) is 0 Å². The Hall–Kier alpha value is -17.7. The van der Waals surface area contributed by atoms with E-state index in [2.05, 4.69) is 515 Å². The van der Waals surface area contributed by atoms with Crippen LogP contribution in [0.3, 0.4) is 0 Å². The lowest BCUT2D eigenvalue weighted by atomic mass is 9.80. The molecule has 2 heteroatoms. The van der Waals surface area contributed by atoms with Crippen LogP contribution >= 0.6 is 11.3 Å². The third kappa shape index (κ3) is 12.9. The molecule has 690 valence electrons. The number of hydrogen-bond donors (Lipinski definition) is 0. The molecule has 2 heterocycles. The van der Waals surface area contributed by atoms with Crippen LogP contribution in [0.2, 0.25) is 0 Å². The van der Waals surface area contributed by atoms with Crippen molar-refractivity contribution in [1.29, 1.82) is 0 Å². The molecule has 0 saturated heterocycles. The van der Waals surface area contributed by atoms with Gasteiger partial charge in [-0.05, 0) is 265 Å². The zero-order valence-electron chi connectivity index (χ0n) is 82.5. The Morgan fingerprint density at radius 2 is 0.415 bits per heavy atom. The van der Waals surface area contributed by atoms with E-state index >= 15 is 0 Å². The standard InChI is InChI=1S/C51H34O.C49H34.C45H30S/c1-51(2)43-23-12-22-42(49(43)48-34-14-4-3-13-31(34)29-30-44(48)51)47-39-18-7-5-16-37(39)46(38-17-6-8-19-40(38)47)33-27-25-32(26-28-33)35-20-11-21-41-36-15-9-10-24-45(36)52-50(35)41;1-49(2)43-28-14-27-42(48(43)47-34-19-6-4-16-32(34)29-30-44(47)49)46-40-24-11-9-22-38(40)45(39-23-10-12-25-41(39)46)37-21-8-7-20-36(37)35-26-13-17-31-15-3-5-18-33(31)35;1-45(2)37-23-12-21-35(43(37)42-28-14-4-3-13-27(28)25-26-38(42)45)40-30-16-5-7-18-32(30)41(33-19-8-6-17-31(33)40)36-22-11-20-34-29-15-9-10-24-39(29)46-44(34)36/h3-30H,1-2H3;3-30H,1-2H3;3-26H,1-2H3. The van der Waals surface area contributed by atoms with E-state index in [1.165, 1.54) is 273 Å². The van der Waals surface area contributed by atoms with Crippen molar-refractivity contribution in [1.82, 2.24) is 0 Å². The number of para-hydroxylation sites is 2. The van der Waals surface area contributed by atoms with E-state index in [4.69, 9.17) is 4.42 Å². The van der Waals surface area contributed by atoms with Crippen molar-refractivity contribution in [3.05, 3.63) is 519 Å². The second-order valence-electron chi connectivity index (χ2n) is 41.9. The molecular formula is C145H98OS. The van der Waals surface area contributed by atoms with Gasteiger partial charge in [0.1, 0.15) is 11.2 Å². The minimum Gasteiger partial charge on any atom is -0.455 e. The van der Waals surface area contributed by atoms with Crippen molar-refractivity contribution >= 4 is 161 Å². The summed E-state index contributed by atoms with van der Waals surface area (Å²) in [6.45, 7) is 14.3. The van der Waals surface area contributed by atoms with Gasteiger partial charge in [0.25, 0.3) is 0 Å². The maximum absolute atomic E-state index is 6.41. The van der Waals surface area contributed by atoms with Crippen LogP contribution < -0.4 is 0 Å². The highest BCUT2D eigenvalue weighted by Gasteiger charge is 2.43. The molecule has 28 aromatic rings. The quantitative estimate of drug-likeness (QED) is 0.138. The molecule has 0 N–H and O–H groups in total. The first-order valence-electron chi connectivity index (χ1n) is 51.6. The van der Waals surface area contributed by atoms with Gasteiger partial charge < -0.3 is 4.42 Å². The summed E-state index contributed by atoms with van der Waals surface area (Å²) in [5, 5.41) is 30.7. The molecule has 3 aliphatic carbocycles. The van der Waals surface area contributed by atoms with E-state index < -0.39 is 0 Å². The molecule has 0 fully saturated rings. The van der Waals surface area contributed by atoms with Crippen molar-refractivity contribution in [2.45, 2.75) is 57.8 Å². The highest BCUT2D eigenvalue weighted by molar-refractivity contribution is 7.26. The molecule has 0 spiro atoms. The summed E-state index contributed by atoms with van der Waals surface area (Å²) >= 11 is 1.91. The van der Waals surface area contributed by atoms with Gasteiger partial charge >= 0.3 is 0 Å². The molecule has 0 radical (unpaired) electrons. The largest absolute Gasteiger partial charge is 0.455 e. The number of thiophene rings is 1. The Labute approximate surface area is 857 Å². The predicted octanol–water partition coefficient (Wildman–Crippen LogP) is 41.1. The normalized spacial score (nSPS) is 13.4. The van der Waals surface area contributed by atoms with E-state index in [0.717, 1.165) is 33.1 Å². The smallest absolute Gasteiger partial charge is 0.143 e. The lowest BCUT2D eigenvalue weighted by Gasteiger charge is -2.23. The molecule has 26 aromatic carbocycles. The fourth-order valence-electron chi connectivity index (χ4n) is 26.6. The zero-order valence-corrected chi connectivity index (χ0v) is 83.3. The number of fused-ring (bicyclic) bond motifs is 28. The minimum atomic E-state index is -0.106. The summed E-state index contributed by atoms with van der Waals surface area (Å²) in [5.74, 6) is 0. The van der Waals surface area contributed by atoms with Crippen LogP contribution in [0.1, 0.15) is 74.9 Å². The van der Waals surface area contributed by atoms with E-state index in [9.17, 15) is 0 Å². The Bertz CT molecular complexity index is 10300. The first-order chi connectivity index (χ1) is 72.3. The molecule has 3 aliphatic rings.